The number of pyridine rings is 1. The number of hydroxylamine groups is 3. The quantitative estimate of drug-likeness (QED) is 0.712. The van der Waals surface area contributed by atoms with E-state index in [1.165, 1.54) is 22.2 Å². The Labute approximate surface area is 153 Å². The van der Waals surface area contributed by atoms with Gasteiger partial charge in [-0.05, 0) is 32.0 Å². The number of benzene rings is 1. The van der Waals surface area contributed by atoms with E-state index < -0.39 is 5.60 Å². The maximum Gasteiger partial charge on any atom is 0.136 e. The van der Waals surface area contributed by atoms with Crippen LogP contribution in [0.1, 0.15) is 29.3 Å². The van der Waals surface area contributed by atoms with Gasteiger partial charge in [-0.15, -0.1) is 0 Å². The van der Waals surface area contributed by atoms with Crippen LogP contribution in [0.5, 0.6) is 0 Å². The van der Waals surface area contributed by atoms with Crippen LogP contribution in [0.25, 0.3) is 10.9 Å². The van der Waals surface area contributed by atoms with Gasteiger partial charge in [0.05, 0.1) is 13.6 Å². The Morgan fingerprint density at radius 3 is 2.85 bits per heavy atom. The van der Waals surface area contributed by atoms with Gasteiger partial charge in [-0.3, -0.25) is 4.98 Å². The zero-order valence-corrected chi connectivity index (χ0v) is 15.6. The van der Waals surface area contributed by atoms with Gasteiger partial charge in [0.1, 0.15) is 18.7 Å². The van der Waals surface area contributed by atoms with Crippen LogP contribution in [-0.2, 0) is 25.1 Å². The molecule has 0 aliphatic carbocycles. The van der Waals surface area contributed by atoms with Crippen molar-refractivity contribution in [2.45, 2.75) is 39.0 Å². The lowest BCUT2D eigenvalue weighted by Crippen LogP contribution is -2.44. The molecule has 1 aliphatic heterocycles. The summed E-state index contributed by atoms with van der Waals surface area (Å²) in [6.07, 6.45) is 4.23. The fourth-order valence-electron chi connectivity index (χ4n) is 4.08. The van der Waals surface area contributed by atoms with Crippen LogP contribution >= 0.6 is 0 Å². The first kappa shape index (κ1) is 17.2. The molecule has 5 nitrogen and oxygen atoms in total. The highest BCUT2D eigenvalue weighted by atomic mass is 16.5. The second-order valence-electron chi connectivity index (χ2n) is 8.02. The van der Waals surface area contributed by atoms with Gasteiger partial charge < -0.3 is 9.67 Å². The summed E-state index contributed by atoms with van der Waals surface area (Å²) in [4.78, 5) is 4.16. The van der Waals surface area contributed by atoms with E-state index in [0.717, 1.165) is 17.5 Å². The van der Waals surface area contributed by atoms with Crippen molar-refractivity contribution in [1.29, 1.82) is 0 Å². The van der Waals surface area contributed by atoms with Gasteiger partial charge in [-0.2, -0.15) is 4.65 Å². The summed E-state index contributed by atoms with van der Waals surface area (Å²) in [6, 6.07) is 10.2. The van der Waals surface area contributed by atoms with Gasteiger partial charge >= 0.3 is 0 Å². The minimum absolute atomic E-state index is 0.0129. The molecule has 3 aromatic rings. The third kappa shape index (κ3) is 2.92. The van der Waals surface area contributed by atoms with Gasteiger partial charge in [0.15, 0.2) is 0 Å². The fraction of sp³-hybridized carbons (Fsp3) is 0.381. The monoisotopic (exact) mass is 352 g/mol. The Morgan fingerprint density at radius 2 is 2.12 bits per heavy atom. The number of aliphatic hydroxyl groups is 1. The van der Waals surface area contributed by atoms with E-state index in [0.29, 0.717) is 19.6 Å². The molecule has 0 radical (unpaired) electrons. The molecule has 136 valence electrons. The van der Waals surface area contributed by atoms with Crippen LogP contribution < -0.4 is 0 Å². The highest BCUT2D eigenvalue weighted by molar-refractivity contribution is 5.86. The minimum Gasteiger partial charge on any atom is -0.384 e. The molecule has 1 aromatic carbocycles. The van der Waals surface area contributed by atoms with Crippen LogP contribution in [0.15, 0.2) is 42.7 Å². The lowest BCUT2D eigenvalue weighted by molar-refractivity contribution is -1.10. The first-order valence-corrected chi connectivity index (χ1v) is 9.08. The summed E-state index contributed by atoms with van der Waals surface area (Å²) >= 11 is 0. The number of hydrogen-bond acceptors (Lipinski definition) is 3. The first-order valence-electron chi connectivity index (χ1n) is 9.08. The molecule has 2 N–H and O–H groups in total. The van der Waals surface area contributed by atoms with Crippen molar-refractivity contribution in [1.82, 2.24) is 9.55 Å². The SMILES string of the molecule is Cc1ccc2c(c1)c1c(n2CC(C)(O)c2cccnc2)CC[N+](C)(O)C1. The molecule has 3 heterocycles. The normalized spacial score (nSPS) is 22.2. The summed E-state index contributed by atoms with van der Waals surface area (Å²) in [5.74, 6) is 0. The Balaban J connectivity index is 1.86. The molecule has 1 aliphatic rings. The fourth-order valence-corrected chi connectivity index (χ4v) is 4.08. The minimum atomic E-state index is -1.02. The predicted molar refractivity (Wildman–Crippen MR) is 101 cm³/mol. The van der Waals surface area contributed by atoms with Crippen molar-refractivity contribution in [3.05, 3.63) is 65.1 Å². The van der Waals surface area contributed by atoms with Crippen molar-refractivity contribution >= 4 is 10.9 Å². The van der Waals surface area contributed by atoms with Crippen molar-refractivity contribution in [3.8, 4) is 0 Å². The number of fused-ring (bicyclic) bond motifs is 3. The number of likely N-dealkylation sites (N-methyl/N-ethyl adjacent to an activating group) is 1. The summed E-state index contributed by atoms with van der Waals surface area (Å²) < 4.78 is 2.25. The van der Waals surface area contributed by atoms with E-state index in [2.05, 4.69) is 34.7 Å². The molecule has 0 amide bonds. The molecule has 2 unspecified atom stereocenters. The van der Waals surface area contributed by atoms with E-state index in [1.54, 1.807) is 12.4 Å². The molecule has 2 atom stereocenters. The van der Waals surface area contributed by atoms with E-state index in [-0.39, 0.29) is 4.65 Å². The van der Waals surface area contributed by atoms with Crippen LogP contribution in [0.3, 0.4) is 0 Å². The molecule has 0 saturated heterocycles. The number of hydrogen-bond donors (Lipinski definition) is 2. The molecular weight excluding hydrogens is 326 g/mol. The Bertz CT molecular complexity index is 958. The van der Waals surface area contributed by atoms with Crippen LogP contribution in [0.4, 0.5) is 0 Å². The van der Waals surface area contributed by atoms with Gasteiger partial charge in [-0.25, -0.2) is 5.21 Å². The topological polar surface area (TPSA) is 58.3 Å². The number of nitrogens with zero attached hydrogens (tertiary/aromatic N) is 3. The third-order valence-electron chi connectivity index (χ3n) is 5.52. The number of aryl methyl sites for hydroxylation is 1. The third-order valence-corrected chi connectivity index (χ3v) is 5.52. The molecule has 5 heteroatoms. The molecular formula is C21H26N3O2+. The van der Waals surface area contributed by atoms with E-state index in [4.69, 9.17) is 0 Å². The average Bonchev–Trinajstić information content (AvgIpc) is 2.87. The zero-order valence-electron chi connectivity index (χ0n) is 15.6. The van der Waals surface area contributed by atoms with Crippen molar-refractivity contribution in [3.63, 3.8) is 0 Å². The summed E-state index contributed by atoms with van der Waals surface area (Å²) in [6.45, 7) is 5.66. The van der Waals surface area contributed by atoms with Crippen LogP contribution in [0.2, 0.25) is 0 Å². The van der Waals surface area contributed by atoms with Gasteiger partial charge in [-0.1, -0.05) is 17.7 Å². The van der Waals surface area contributed by atoms with Crippen molar-refractivity contribution in [2.75, 3.05) is 13.6 Å². The smallest absolute Gasteiger partial charge is 0.136 e. The summed E-state index contributed by atoms with van der Waals surface area (Å²) in [7, 11) is 1.85. The maximum absolute atomic E-state index is 11.2. The Hall–Kier alpha value is -2.21. The van der Waals surface area contributed by atoms with E-state index >= 15 is 0 Å². The predicted octanol–water partition coefficient (Wildman–Crippen LogP) is 3.14. The standard InChI is InChI=1S/C21H26N3O2/c1-15-6-7-19-17(11-15)18-13-24(3,26)10-8-20(18)23(19)14-21(2,25)16-5-4-9-22-12-16/h4-7,9,11-12,25-26H,8,10,13-14H2,1-3H3/q+1. The second-order valence-corrected chi connectivity index (χ2v) is 8.02. The second kappa shape index (κ2) is 5.91. The number of rotatable bonds is 3. The Kier molecular flexibility index (Phi) is 3.91. The zero-order chi connectivity index (χ0) is 18.5. The van der Waals surface area contributed by atoms with Crippen molar-refractivity contribution in [2.24, 2.45) is 0 Å². The van der Waals surface area contributed by atoms with Crippen LogP contribution in [0, 0.1) is 6.92 Å². The highest BCUT2D eigenvalue weighted by Crippen LogP contribution is 2.35. The lowest BCUT2D eigenvalue weighted by Gasteiger charge is -2.31. The van der Waals surface area contributed by atoms with E-state index in [9.17, 15) is 10.3 Å². The number of aromatic nitrogens is 2. The lowest BCUT2D eigenvalue weighted by atomic mass is 9.97. The molecule has 0 saturated carbocycles. The summed E-state index contributed by atoms with van der Waals surface area (Å²) in [5, 5.41) is 22.9. The molecule has 2 aromatic heterocycles. The molecule has 4 rings (SSSR count). The molecule has 26 heavy (non-hydrogen) atoms. The Morgan fingerprint density at radius 1 is 1.31 bits per heavy atom. The molecule has 0 spiro atoms. The van der Waals surface area contributed by atoms with E-state index in [1.807, 2.05) is 26.1 Å². The van der Waals surface area contributed by atoms with Gasteiger partial charge in [0.25, 0.3) is 0 Å². The van der Waals surface area contributed by atoms with Gasteiger partial charge in [0, 0.05) is 46.5 Å². The maximum atomic E-state index is 11.2. The average molecular weight is 352 g/mol. The first-order chi connectivity index (χ1) is 12.3. The van der Waals surface area contributed by atoms with Gasteiger partial charge in [0.2, 0.25) is 0 Å². The van der Waals surface area contributed by atoms with Crippen LogP contribution in [-0.4, -0.2) is 38.1 Å². The highest BCUT2D eigenvalue weighted by Gasteiger charge is 2.34. The van der Waals surface area contributed by atoms with Crippen molar-refractivity contribution < 1.29 is 15.0 Å². The number of quaternary nitrogens is 1. The largest absolute Gasteiger partial charge is 0.384 e. The molecule has 0 fully saturated rings. The summed E-state index contributed by atoms with van der Waals surface area (Å²) in [5.41, 5.74) is 4.52. The molecule has 0 bridgehead atoms.